The normalized spacial score (nSPS) is 24.5. The van der Waals surface area contributed by atoms with Crippen LogP contribution in [0, 0.1) is 5.92 Å². The highest BCUT2D eigenvalue weighted by Crippen LogP contribution is 2.24. The SMILES string of the molecule is CC(CNC(=O)C1CCCN(C(=O)C2CC(c3cccnc3)NN2)C1)c1ccccc1. The van der Waals surface area contributed by atoms with E-state index in [1.807, 2.05) is 41.4 Å². The van der Waals surface area contributed by atoms with Gasteiger partial charge < -0.3 is 10.2 Å². The number of hydrogen-bond donors (Lipinski definition) is 3. The summed E-state index contributed by atoms with van der Waals surface area (Å²) in [6.07, 6.45) is 5.92. The van der Waals surface area contributed by atoms with Crippen LogP contribution in [0.4, 0.5) is 0 Å². The standard InChI is InChI=1S/C24H31N5O2/c1-17(18-7-3-2-4-8-18)14-26-23(30)20-10-6-12-29(16-20)24(31)22-13-21(27-28-22)19-9-5-11-25-15-19/h2-5,7-9,11,15,17,20-22,27-28H,6,10,12-14,16H2,1H3,(H,26,30). The maximum atomic E-state index is 13.1. The molecule has 7 nitrogen and oxygen atoms in total. The maximum Gasteiger partial charge on any atom is 0.241 e. The minimum absolute atomic E-state index is 0.0472. The van der Waals surface area contributed by atoms with Gasteiger partial charge in [0.15, 0.2) is 0 Å². The van der Waals surface area contributed by atoms with Gasteiger partial charge in [-0.3, -0.25) is 14.6 Å². The molecule has 1 aromatic heterocycles. The molecule has 2 aliphatic rings. The summed E-state index contributed by atoms with van der Waals surface area (Å²) in [5, 5.41) is 3.10. The molecule has 3 heterocycles. The van der Waals surface area contributed by atoms with E-state index in [2.05, 4.69) is 40.2 Å². The first-order valence-electron chi connectivity index (χ1n) is 11.1. The molecule has 0 saturated carbocycles. The predicted molar refractivity (Wildman–Crippen MR) is 119 cm³/mol. The van der Waals surface area contributed by atoms with E-state index in [0.717, 1.165) is 18.4 Å². The average molecular weight is 422 g/mol. The first-order chi connectivity index (χ1) is 15.1. The van der Waals surface area contributed by atoms with E-state index in [-0.39, 0.29) is 35.7 Å². The van der Waals surface area contributed by atoms with Gasteiger partial charge in [-0.1, -0.05) is 43.3 Å². The fourth-order valence-electron chi connectivity index (χ4n) is 4.43. The molecule has 2 amide bonds. The second-order valence-corrected chi connectivity index (χ2v) is 8.60. The predicted octanol–water partition coefficient (Wildman–Crippen LogP) is 2.15. The molecule has 164 valence electrons. The van der Waals surface area contributed by atoms with Crippen LogP contribution in [0.2, 0.25) is 0 Å². The Labute approximate surface area is 183 Å². The smallest absolute Gasteiger partial charge is 0.241 e. The lowest BCUT2D eigenvalue weighted by Gasteiger charge is -2.33. The molecule has 4 unspecified atom stereocenters. The number of carbonyl (C=O) groups is 2. The number of nitrogens with one attached hydrogen (secondary N) is 3. The molecule has 31 heavy (non-hydrogen) atoms. The zero-order valence-electron chi connectivity index (χ0n) is 18.0. The van der Waals surface area contributed by atoms with Crippen LogP contribution in [-0.2, 0) is 9.59 Å². The van der Waals surface area contributed by atoms with Crippen molar-refractivity contribution in [1.82, 2.24) is 26.1 Å². The maximum absolute atomic E-state index is 13.1. The number of benzene rings is 1. The highest BCUT2D eigenvalue weighted by atomic mass is 16.2. The second kappa shape index (κ2) is 10.0. The van der Waals surface area contributed by atoms with Crippen molar-refractivity contribution < 1.29 is 9.59 Å². The Kier molecular flexibility index (Phi) is 6.94. The summed E-state index contributed by atoms with van der Waals surface area (Å²) in [5.74, 6) is 0.217. The number of amides is 2. The zero-order valence-corrected chi connectivity index (χ0v) is 18.0. The molecule has 2 aromatic rings. The van der Waals surface area contributed by atoms with Gasteiger partial charge in [-0.15, -0.1) is 0 Å². The second-order valence-electron chi connectivity index (χ2n) is 8.60. The minimum Gasteiger partial charge on any atom is -0.355 e. The van der Waals surface area contributed by atoms with E-state index in [1.54, 1.807) is 6.20 Å². The van der Waals surface area contributed by atoms with Crippen LogP contribution in [0.3, 0.4) is 0 Å². The van der Waals surface area contributed by atoms with Crippen molar-refractivity contribution >= 4 is 11.8 Å². The van der Waals surface area contributed by atoms with E-state index in [4.69, 9.17) is 0 Å². The van der Waals surface area contributed by atoms with Gasteiger partial charge in [0.05, 0.1) is 5.92 Å². The first-order valence-corrected chi connectivity index (χ1v) is 11.1. The first kappa shape index (κ1) is 21.5. The third kappa shape index (κ3) is 5.29. The van der Waals surface area contributed by atoms with E-state index in [1.165, 1.54) is 5.56 Å². The molecule has 4 atom stereocenters. The Balaban J connectivity index is 1.28. The van der Waals surface area contributed by atoms with Gasteiger partial charge in [0.2, 0.25) is 11.8 Å². The molecule has 7 heteroatoms. The molecular weight excluding hydrogens is 390 g/mol. The minimum atomic E-state index is -0.287. The number of likely N-dealkylation sites (tertiary alicyclic amines) is 1. The summed E-state index contributed by atoms with van der Waals surface area (Å²) in [5.41, 5.74) is 8.62. The van der Waals surface area contributed by atoms with Gasteiger partial charge in [-0.2, -0.15) is 0 Å². The van der Waals surface area contributed by atoms with Crippen LogP contribution in [0.1, 0.15) is 49.3 Å². The van der Waals surface area contributed by atoms with Gasteiger partial charge in [0.1, 0.15) is 6.04 Å². The summed E-state index contributed by atoms with van der Waals surface area (Å²) in [6, 6.07) is 13.9. The van der Waals surface area contributed by atoms with E-state index < -0.39 is 0 Å². The van der Waals surface area contributed by atoms with Crippen molar-refractivity contribution in [3.63, 3.8) is 0 Å². The molecule has 1 aromatic carbocycles. The zero-order chi connectivity index (χ0) is 21.6. The molecule has 0 aliphatic carbocycles. The Hall–Kier alpha value is -2.77. The lowest BCUT2D eigenvalue weighted by molar-refractivity contribution is -0.137. The number of hydrogen-bond acceptors (Lipinski definition) is 5. The van der Waals surface area contributed by atoms with Gasteiger partial charge in [0, 0.05) is 38.1 Å². The van der Waals surface area contributed by atoms with Gasteiger partial charge >= 0.3 is 0 Å². The number of pyridine rings is 1. The fourth-order valence-corrected chi connectivity index (χ4v) is 4.43. The third-order valence-electron chi connectivity index (χ3n) is 6.34. The Morgan fingerprint density at radius 1 is 1.19 bits per heavy atom. The van der Waals surface area contributed by atoms with Gasteiger partial charge in [-0.05, 0) is 42.4 Å². The number of hydrazine groups is 1. The van der Waals surface area contributed by atoms with Crippen molar-refractivity contribution in [2.24, 2.45) is 5.92 Å². The molecule has 2 saturated heterocycles. The quantitative estimate of drug-likeness (QED) is 0.665. The molecule has 0 bridgehead atoms. The topological polar surface area (TPSA) is 86.4 Å². The van der Waals surface area contributed by atoms with Crippen molar-refractivity contribution in [3.05, 3.63) is 66.0 Å². The number of piperidine rings is 1. The van der Waals surface area contributed by atoms with Crippen LogP contribution < -0.4 is 16.2 Å². The van der Waals surface area contributed by atoms with Crippen LogP contribution >= 0.6 is 0 Å². The fraction of sp³-hybridized carbons (Fsp3) is 0.458. The molecule has 3 N–H and O–H groups in total. The van der Waals surface area contributed by atoms with Gasteiger partial charge in [0.25, 0.3) is 0 Å². The van der Waals surface area contributed by atoms with Crippen LogP contribution in [0.5, 0.6) is 0 Å². The molecular formula is C24H31N5O2. The summed E-state index contributed by atoms with van der Waals surface area (Å²) >= 11 is 0. The van der Waals surface area contributed by atoms with Crippen LogP contribution in [-0.4, -0.2) is 47.4 Å². The lowest BCUT2D eigenvalue weighted by Crippen LogP contribution is -2.51. The Bertz CT molecular complexity index is 876. The molecule has 0 radical (unpaired) electrons. The largest absolute Gasteiger partial charge is 0.355 e. The summed E-state index contributed by atoms with van der Waals surface area (Å²) in [7, 11) is 0. The Morgan fingerprint density at radius 3 is 2.81 bits per heavy atom. The molecule has 4 rings (SSSR count). The summed E-state index contributed by atoms with van der Waals surface area (Å²) in [4.78, 5) is 31.9. The van der Waals surface area contributed by atoms with Crippen LogP contribution in [0.15, 0.2) is 54.9 Å². The van der Waals surface area contributed by atoms with E-state index in [0.29, 0.717) is 26.1 Å². The van der Waals surface area contributed by atoms with E-state index >= 15 is 0 Å². The molecule has 2 fully saturated rings. The summed E-state index contributed by atoms with van der Waals surface area (Å²) < 4.78 is 0. The van der Waals surface area contributed by atoms with Crippen LogP contribution in [0.25, 0.3) is 0 Å². The average Bonchev–Trinajstić information content (AvgIpc) is 3.33. The lowest BCUT2D eigenvalue weighted by atomic mass is 9.95. The Morgan fingerprint density at radius 2 is 2.03 bits per heavy atom. The number of nitrogens with zero attached hydrogens (tertiary/aromatic N) is 2. The summed E-state index contributed by atoms with van der Waals surface area (Å²) in [6.45, 7) is 3.91. The van der Waals surface area contributed by atoms with Crippen molar-refractivity contribution in [2.45, 2.75) is 44.2 Å². The number of rotatable bonds is 6. The van der Waals surface area contributed by atoms with Crippen molar-refractivity contribution in [1.29, 1.82) is 0 Å². The van der Waals surface area contributed by atoms with E-state index in [9.17, 15) is 9.59 Å². The third-order valence-corrected chi connectivity index (χ3v) is 6.34. The highest BCUT2D eigenvalue weighted by molar-refractivity contribution is 5.84. The monoisotopic (exact) mass is 421 g/mol. The molecule has 2 aliphatic heterocycles. The molecule has 0 spiro atoms. The highest BCUT2D eigenvalue weighted by Gasteiger charge is 2.36. The number of aromatic nitrogens is 1. The van der Waals surface area contributed by atoms with Crippen molar-refractivity contribution in [3.8, 4) is 0 Å². The van der Waals surface area contributed by atoms with Gasteiger partial charge in [-0.25, -0.2) is 10.9 Å². The number of carbonyl (C=O) groups excluding carboxylic acids is 2. The van der Waals surface area contributed by atoms with Crippen molar-refractivity contribution in [2.75, 3.05) is 19.6 Å².